The Kier molecular flexibility index (Phi) is 5.42. The number of esters is 1. The monoisotopic (exact) mass is 418 g/mol. The van der Waals surface area contributed by atoms with E-state index < -0.39 is 30.4 Å². The van der Waals surface area contributed by atoms with Gasteiger partial charge in [0.15, 0.2) is 6.61 Å². The number of benzene rings is 2. The number of hydrogen-bond donors (Lipinski definition) is 1. The van der Waals surface area contributed by atoms with Crippen LogP contribution in [0.25, 0.3) is 10.9 Å². The zero-order chi connectivity index (χ0) is 22.1. The van der Waals surface area contributed by atoms with Crippen molar-refractivity contribution in [3.05, 3.63) is 71.4 Å². The lowest BCUT2D eigenvalue weighted by molar-refractivity contribution is -0.147. The van der Waals surface area contributed by atoms with E-state index in [1.807, 2.05) is 32.0 Å². The fourth-order valence-corrected chi connectivity index (χ4v) is 3.86. The largest absolute Gasteiger partial charge is 0.456 e. The summed E-state index contributed by atoms with van der Waals surface area (Å²) in [6.07, 6.45) is 1.82. The highest BCUT2D eigenvalue weighted by molar-refractivity contribution is 6.22. The Labute approximate surface area is 179 Å². The Morgan fingerprint density at radius 1 is 0.968 bits per heavy atom. The van der Waals surface area contributed by atoms with Crippen LogP contribution in [-0.2, 0) is 9.53 Å². The number of ketones is 1. The van der Waals surface area contributed by atoms with Crippen molar-refractivity contribution in [1.82, 2.24) is 9.88 Å². The molecule has 1 aliphatic heterocycles. The molecular weight excluding hydrogens is 396 g/mol. The summed E-state index contributed by atoms with van der Waals surface area (Å²) >= 11 is 0. The number of aromatic amines is 1. The topological polar surface area (TPSA) is 96.5 Å². The third kappa shape index (κ3) is 3.74. The first-order valence-electron chi connectivity index (χ1n) is 10.1. The number of hydrogen-bond acceptors (Lipinski definition) is 5. The minimum Gasteiger partial charge on any atom is -0.456 e. The van der Waals surface area contributed by atoms with Crippen molar-refractivity contribution in [1.29, 1.82) is 0 Å². The van der Waals surface area contributed by atoms with Gasteiger partial charge in [0.25, 0.3) is 11.8 Å². The number of amides is 2. The van der Waals surface area contributed by atoms with E-state index in [1.54, 1.807) is 36.5 Å². The van der Waals surface area contributed by atoms with Gasteiger partial charge in [-0.1, -0.05) is 44.2 Å². The van der Waals surface area contributed by atoms with E-state index in [9.17, 15) is 19.2 Å². The van der Waals surface area contributed by atoms with Gasteiger partial charge in [-0.3, -0.25) is 19.3 Å². The van der Waals surface area contributed by atoms with Crippen molar-refractivity contribution in [3.63, 3.8) is 0 Å². The zero-order valence-corrected chi connectivity index (χ0v) is 17.3. The maximum absolute atomic E-state index is 12.9. The number of H-pyrrole nitrogens is 1. The van der Waals surface area contributed by atoms with Crippen molar-refractivity contribution in [2.45, 2.75) is 26.3 Å². The van der Waals surface area contributed by atoms with Crippen LogP contribution >= 0.6 is 0 Å². The van der Waals surface area contributed by atoms with Gasteiger partial charge in [-0.2, -0.15) is 0 Å². The van der Waals surface area contributed by atoms with Crippen molar-refractivity contribution in [3.8, 4) is 0 Å². The average molecular weight is 418 g/mol. The summed E-state index contributed by atoms with van der Waals surface area (Å²) < 4.78 is 5.30. The van der Waals surface area contributed by atoms with Gasteiger partial charge in [-0.05, 0) is 30.5 Å². The lowest BCUT2D eigenvalue weighted by Gasteiger charge is -2.25. The molecule has 7 heteroatoms. The number of nitrogens with one attached hydrogen (secondary N) is 1. The van der Waals surface area contributed by atoms with Crippen LogP contribution in [0.4, 0.5) is 0 Å². The molecule has 2 aromatic carbocycles. The third-order valence-corrected chi connectivity index (χ3v) is 5.34. The van der Waals surface area contributed by atoms with E-state index in [0.29, 0.717) is 5.56 Å². The second-order valence-electron chi connectivity index (χ2n) is 7.95. The first-order valence-corrected chi connectivity index (χ1v) is 10.1. The number of rotatable bonds is 7. The van der Waals surface area contributed by atoms with Gasteiger partial charge in [0.05, 0.1) is 11.1 Å². The van der Waals surface area contributed by atoms with Crippen LogP contribution in [0.2, 0.25) is 0 Å². The van der Waals surface area contributed by atoms with Gasteiger partial charge in [-0.15, -0.1) is 0 Å². The van der Waals surface area contributed by atoms with Gasteiger partial charge >= 0.3 is 5.97 Å². The molecule has 2 heterocycles. The predicted octanol–water partition coefficient (Wildman–Crippen LogP) is 3.60. The van der Waals surface area contributed by atoms with Gasteiger partial charge in [-0.25, -0.2) is 4.79 Å². The summed E-state index contributed by atoms with van der Waals surface area (Å²) in [5.74, 6) is -2.16. The molecule has 1 atom stereocenters. The Morgan fingerprint density at radius 3 is 2.23 bits per heavy atom. The molecule has 0 saturated carbocycles. The highest BCUT2D eigenvalue weighted by Gasteiger charge is 2.43. The van der Waals surface area contributed by atoms with Gasteiger partial charge in [0.2, 0.25) is 5.78 Å². The lowest BCUT2D eigenvalue weighted by atomic mass is 10.0. The molecule has 31 heavy (non-hydrogen) atoms. The summed E-state index contributed by atoms with van der Waals surface area (Å²) in [5, 5.41) is 0.739. The quantitative estimate of drug-likeness (QED) is 0.359. The van der Waals surface area contributed by atoms with Crippen LogP contribution < -0.4 is 0 Å². The normalized spacial score (nSPS) is 14.2. The number of aromatic nitrogens is 1. The maximum atomic E-state index is 12.9. The van der Waals surface area contributed by atoms with Crippen molar-refractivity contribution >= 4 is 34.5 Å². The Hall–Kier alpha value is -3.74. The van der Waals surface area contributed by atoms with Gasteiger partial charge in [0, 0.05) is 22.7 Å². The van der Waals surface area contributed by atoms with Crippen LogP contribution in [0.3, 0.4) is 0 Å². The number of imide groups is 1. The number of fused-ring (bicyclic) bond motifs is 2. The maximum Gasteiger partial charge on any atom is 0.329 e. The summed E-state index contributed by atoms with van der Waals surface area (Å²) in [5.41, 5.74) is 1.76. The summed E-state index contributed by atoms with van der Waals surface area (Å²) in [4.78, 5) is 55.2. The molecule has 2 amide bonds. The number of ether oxygens (including phenoxy) is 1. The molecule has 0 aliphatic carbocycles. The molecule has 0 bridgehead atoms. The molecule has 1 N–H and O–H groups in total. The van der Waals surface area contributed by atoms with Crippen LogP contribution in [-0.4, -0.2) is 46.1 Å². The van der Waals surface area contributed by atoms with E-state index in [0.717, 1.165) is 15.8 Å². The Balaban J connectivity index is 1.52. The lowest BCUT2D eigenvalue weighted by Crippen LogP contribution is -2.46. The molecule has 0 saturated heterocycles. The van der Waals surface area contributed by atoms with Crippen molar-refractivity contribution in [2.75, 3.05) is 6.61 Å². The van der Waals surface area contributed by atoms with Crippen LogP contribution in [0.1, 0.15) is 51.3 Å². The van der Waals surface area contributed by atoms with Gasteiger partial charge < -0.3 is 9.72 Å². The molecule has 1 unspecified atom stereocenters. The molecule has 0 radical (unpaired) electrons. The Bertz CT molecular complexity index is 1160. The second kappa shape index (κ2) is 8.18. The van der Waals surface area contributed by atoms with Gasteiger partial charge in [0.1, 0.15) is 6.04 Å². The van der Waals surface area contributed by atoms with E-state index in [-0.39, 0.29) is 29.2 Å². The molecule has 1 aliphatic rings. The molecular formula is C24H22N2O5. The van der Waals surface area contributed by atoms with Crippen molar-refractivity contribution in [2.24, 2.45) is 5.92 Å². The molecule has 7 nitrogen and oxygen atoms in total. The zero-order valence-electron chi connectivity index (χ0n) is 17.3. The SMILES string of the molecule is CC(C)CC(C(=O)OCC(=O)c1c[nH]c2ccccc12)N1C(=O)c2ccccc2C1=O. The smallest absolute Gasteiger partial charge is 0.329 e. The molecule has 3 aromatic rings. The minimum absolute atomic E-state index is 0.0196. The predicted molar refractivity (Wildman–Crippen MR) is 114 cm³/mol. The molecule has 0 spiro atoms. The number of para-hydroxylation sites is 1. The van der Waals surface area contributed by atoms with E-state index >= 15 is 0 Å². The second-order valence-corrected chi connectivity index (χ2v) is 7.95. The number of Topliss-reactive ketones (excluding diaryl/α,β-unsaturated/α-hetero) is 1. The minimum atomic E-state index is -1.09. The van der Waals surface area contributed by atoms with E-state index in [1.165, 1.54) is 0 Å². The molecule has 158 valence electrons. The number of nitrogens with zero attached hydrogens (tertiary/aromatic N) is 1. The molecule has 1 aromatic heterocycles. The van der Waals surface area contributed by atoms with Crippen LogP contribution in [0, 0.1) is 5.92 Å². The summed E-state index contributed by atoms with van der Waals surface area (Å²) in [6, 6.07) is 12.7. The highest BCUT2D eigenvalue weighted by Crippen LogP contribution is 2.27. The first kappa shape index (κ1) is 20.5. The van der Waals surface area contributed by atoms with Crippen LogP contribution in [0.5, 0.6) is 0 Å². The first-order chi connectivity index (χ1) is 14.9. The molecule has 0 fully saturated rings. The fourth-order valence-electron chi connectivity index (χ4n) is 3.86. The third-order valence-electron chi connectivity index (χ3n) is 5.34. The average Bonchev–Trinajstić information content (AvgIpc) is 3.30. The fraction of sp³-hybridized carbons (Fsp3) is 0.250. The van der Waals surface area contributed by atoms with Crippen molar-refractivity contribution < 1.29 is 23.9 Å². The highest BCUT2D eigenvalue weighted by atomic mass is 16.5. The molecule has 4 rings (SSSR count). The summed E-state index contributed by atoms with van der Waals surface area (Å²) in [7, 11) is 0. The number of carbonyl (C=O) groups excluding carboxylic acids is 4. The van der Waals surface area contributed by atoms with Crippen LogP contribution in [0.15, 0.2) is 54.7 Å². The summed E-state index contributed by atoms with van der Waals surface area (Å²) in [6.45, 7) is 3.30. The standard InChI is InChI=1S/C24H22N2O5/c1-14(2)11-20(26-22(28)16-8-3-4-9-17(16)23(26)29)24(30)31-13-21(27)18-12-25-19-10-6-5-7-15(18)19/h3-10,12,14,20,25H,11,13H2,1-2H3. The Morgan fingerprint density at radius 2 is 1.58 bits per heavy atom. The number of carbonyl (C=O) groups is 4. The van der Waals surface area contributed by atoms with E-state index in [4.69, 9.17) is 4.74 Å². The van der Waals surface area contributed by atoms with E-state index in [2.05, 4.69) is 4.98 Å².